The molecule has 0 radical (unpaired) electrons. The van der Waals surface area contributed by atoms with E-state index in [2.05, 4.69) is 41.4 Å². The van der Waals surface area contributed by atoms with Crippen LogP contribution in [0.5, 0.6) is 0 Å². The molecule has 1 aliphatic rings. The van der Waals surface area contributed by atoms with Gasteiger partial charge in [0.15, 0.2) is 5.16 Å². The van der Waals surface area contributed by atoms with Gasteiger partial charge >= 0.3 is 0 Å². The van der Waals surface area contributed by atoms with E-state index in [0.717, 1.165) is 36.7 Å². The van der Waals surface area contributed by atoms with Gasteiger partial charge in [-0.05, 0) is 36.5 Å². The Morgan fingerprint density at radius 2 is 1.93 bits per heavy atom. The van der Waals surface area contributed by atoms with Crippen molar-refractivity contribution in [2.45, 2.75) is 37.4 Å². The summed E-state index contributed by atoms with van der Waals surface area (Å²) in [6.07, 6.45) is 4.74. The van der Waals surface area contributed by atoms with Gasteiger partial charge in [-0.1, -0.05) is 67.2 Å². The van der Waals surface area contributed by atoms with Crippen LogP contribution in [0.15, 0.2) is 66.1 Å². The van der Waals surface area contributed by atoms with Crippen molar-refractivity contribution in [3.05, 3.63) is 72.1 Å². The van der Waals surface area contributed by atoms with Gasteiger partial charge in [0.2, 0.25) is 5.91 Å². The lowest BCUT2D eigenvalue weighted by Crippen LogP contribution is -2.32. The summed E-state index contributed by atoms with van der Waals surface area (Å²) in [5, 5.41) is 9.08. The minimum Gasteiger partial charge on any atom is -0.335 e. The fourth-order valence-corrected chi connectivity index (χ4v) is 4.64. The highest BCUT2D eigenvalue weighted by Gasteiger charge is 2.29. The number of hydrogen-bond acceptors (Lipinski definition) is 4. The lowest BCUT2D eigenvalue weighted by Gasteiger charge is -2.25. The molecule has 1 atom stereocenters. The molecule has 0 spiro atoms. The van der Waals surface area contributed by atoms with Crippen LogP contribution < -0.4 is 0 Å². The molecule has 0 saturated carbocycles. The van der Waals surface area contributed by atoms with E-state index in [1.165, 1.54) is 22.9 Å². The molecule has 3 aromatic rings. The highest BCUT2D eigenvalue weighted by molar-refractivity contribution is 7.99. The predicted molar refractivity (Wildman–Crippen MR) is 112 cm³/mol. The highest BCUT2D eigenvalue weighted by atomic mass is 32.2. The van der Waals surface area contributed by atoms with E-state index in [1.54, 1.807) is 6.33 Å². The van der Waals surface area contributed by atoms with Crippen molar-refractivity contribution in [3.8, 4) is 5.69 Å². The van der Waals surface area contributed by atoms with Gasteiger partial charge in [0.1, 0.15) is 6.33 Å². The predicted octanol–water partition coefficient (Wildman–Crippen LogP) is 4.29. The van der Waals surface area contributed by atoms with Crippen LogP contribution in [0.25, 0.3) is 5.69 Å². The minimum absolute atomic E-state index is 0.162. The Morgan fingerprint density at radius 1 is 1.14 bits per heavy atom. The van der Waals surface area contributed by atoms with Crippen molar-refractivity contribution in [2.75, 3.05) is 12.3 Å². The van der Waals surface area contributed by atoms with E-state index in [-0.39, 0.29) is 11.9 Å². The summed E-state index contributed by atoms with van der Waals surface area (Å²) in [4.78, 5) is 15.0. The van der Waals surface area contributed by atoms with Crippen LogP contribution in [0.2, 0.25) is 0 Å². The van der Waals surface area contributed by atoms with Gasteiger partial charge in [0.25, 0.3) is 0 Å². The largest absolute Gasteiger partial charge is 0.335 e. The molecule has 2 aromatic carbocycles. The lowest BCUT2D eigenvalue weighted by atomic mass is 10.0. The second-order valence-corrected chi connectivity index (χ2v) is 7.85. The maximum atomic E-state index is 12.9. The number of aromatic nitrogens is 3. The first-order valence-electron chi connectivity index (χ1n) is 9.73. The third kappa shape index (κ3) is 3.83. The summed E-state index contributed by atoms with van der Waals surface area (Å²) in [7, 11) is 0. The molecule has 1 fully saturated rings. The SMILES string of the molecule is CCc1ccccc1-n1cnnc1SCC(=O)N1CCCC1c1ccccc1. The van der Waals surface area contributed by atoms with Crippen molar-refractivity contribution in [1.29, 1.82) is 0 Å². The fourth-order valence-electron chi connectivity index (χ4n) is 3.83. The number of nitrogens with zero attached hydrogens (tertiary/aromatic N) is 4. The van der Waals surface area contributed by atoms with Crippen molar-refractivity contribution >= 4 is 17.7 Å². The average molecular weight is 393 g/mol. The minimum atomic E-state index is 0.162. The first-order chi connectivity index (χ1) is 13.8. The summed E-state index contributed by atoms with van der Waals surface area (Å²) in [5.74, 6) is 0.533. The number of aryl methyl sites for hydroxylation is 1. The van der Waals surface area contributed by atoms with Crippen LogP contribution in [0.1, 0.15) is 36.9 Å². The Hall–Kier alpha value is -2.60. The molecule has 5 nitrogen and oxygen atoms in total. The molecule has 6 heteroatoms. The Morgan fingerprint density at radius 3 is 2.75 bits per heavy atom. The average Bonchev–Trinajstić information content (AvgIpc) is 3.42. The molecule has 1 aliphatic heterocycles. The quantitative estimate of drug-likeness (QED) is 0.588. The van der Waals surface area contributed by atoms with Crippen LogP contribution in [-0.2, 0) is 11.2 Å². The van der Waals surface area contributed by atoms with Crippen molar-refractivity contribution in [3.63, 3.8) is 0 Å². The lowest BCUT2D eigenvalue weighted by molar-refractivity contribution is -0.129. The normalized spacial score (nSPS) is 16.5. The van der Waals surface area contributed by atoms with E-state index in [1.807, 2.05) is 39.8 Å². The van der Waals surface area contributed by atoms with Gasteiger partial charge in [-0.3, -0.25) is 9.36 Å². The number of carbonyl (C=O) groups is 1. The Kier molecular flexibility index (Phi) is 5.76. The third-order valence-electron chi connectivity index (χ3n) is 5.23. The number of likely N-dealkylation sites (tertiary alicyclic amines) is 1. The fraction of sp³-hybridized carbons (Fsp3) is 0.318. The van der Waals surface area contributed by atoms with Crippen molar-refractivity contribution in [1.82, 2.24) is 19.7 Å². The number of carbonyl (C=O) groups excluding carboxylic acids is 1. The van der Waals surface area contributed by atoms with Crippen LogP contribution >= 0.6 is 11.8 Å². The molecule has 0 bridgehead atoms. The molecule has 1 amide bonds. The Balaban J connectivity index is 1.47. The highest BCUT2D eigenvalue weighted by Crippen LogP contribution is 2.33. The van der Waals surface area contributed by atoms with Gasteiger partial charge in [-0.25, -0.2) is 0 Å². The number of rotatable bonds is 6. The Labute approximate surface area is 169 Å². The topological polar surface area (TPSA) is 51.0 Å². The maximum absolute atomic E-state index is 12.9. The molecular weight excluding hydrogens is 368 g/mol. The number of benzene rings is 2. The zero-order valence-electron chi connectivity index (χ0n) is 16.0. The zero-order chi connectivity index (χ0) is 19.3. The van der Waals surface area contributed by atoms with Gasteiger partial charge in [-0.2, -0.15) is 0 Å². The standard InChI is InChI=1S/C22H24N4OS/c1-2-17-9-6-7-12-19(17)26-16-23-24-22(26)28-15-21(27)25-14-8-13-20(25)18-10-4-3-5-11-18/h3-7,9-12,16,20H,2,8,13-15H2,1H3. The molecule has 144 valence electrons. The van der Waals surface area contributed by atoms with E-state index < -0.39 is 0 Å². The number of hydrogen-bond donors (Lipinski definition) is 0. The van der Waals surface area contributed by atoms with Crippen molar-refractivity contribution in [2.24, 2.45) is 0 Å². The molecule has 1 aromatic heterocycles. The number of para-hydroxylation sites is 1. The summed E-state index contributed by atoms with van der Waals surface area (Å²) < 4.78 is 1.98. The molecule has 2 heterocycles. The van der Waals surface area contributed by atoms with Crippen LogP contribution in [-0.4, -0.2) is 37.9 Å². The zero-order valence-corrected chi connectivity index (χ0v) is 16.8. The van der Waals surface area contributed by atoms with Gasteiger partial charge in [-0.15, -0.1) is 10.2 Å². The second kappa shape index (κ2) is 8.61. The number of amides is 1. The molecule has 1 unspecified atom stereocenters. The van der Waals surface area contributed by atoms with E-state index in [4.69, 9.17) is 0 Å². The first kappa shape index (κ1) is 18.7. The van der Waals surface area contributed by atoms with E-state index in [0.29, 0.717) is 5.75 Å². The molecule has 4 rings (SSSR count). The van der Waals surface area contributed by atoms with Crippen LogP contribution in [0.4, 0.5) is 0 Å². The van der Waals surface area contributed by atoms with Gasteiger partial charge in [0, 0.05) is 6.54 Å². The summed E-state index contributed by atoms with van der Waals surface area (Å²) >= 11 is 1.46. The smallest absolute Gasteiger partial charge is 0.233 e. The molecule has 0 N–H and O–H groups in total. The molecular formula is C22H24N4OS. The molecule has 0 aliphatic carbocycles. The third-order valence-corrected chi connectivity index (χ3v) is 6.16. The Bertz CT molecular complexity index is 940. The number of thioether (sulfide) groups is 1. The van der Waals surface area contributed by atoms with E-state index >= 15 is 0 Å². The summed E-state index contributed by atoms with van der Waals surface area (Å²) in [5.41, 5.74) is 3.53. The van der Waals surface area contributed by atoms with Gasteiger partial charge in [0.05, 0.1) is 17.5 Å². The monoisotopic (exact) mass is 392 g/mol. The maximum Gasteiger partial charge on any atom is 0.233 e. The van der Waals surface area contributed by atoms with Crippen LogP contribution in [0, 0.1) is 0 Å². The summed E-state index contributed by atoms with van der Waals surface area (Å²) in [6.45, 7) is 2.96. The molecule has 1 saturated heterocycles. The summed E-state index contributed by atoms with van der Waals surface area (Å²) in [6, 6.07) is 18.8. The van der Waals surface area contributed by atoms with E-state index in [9.17, 15) is 4.79 Å². The van der Waals surface area contributed by atoms with Crippen molar-refractivity contribution < 1.29 is 4.79 Å². The second-order valence-electron chi connectivity index (χ2n) is 6.91. The van der Waals surface area contributed by atoms with Crippen LogP contribution in [0.3, 0.4) is 0 Å². The molecule has 28 heavy (non-hydrogen) atoms. The van der Waals surface area contributed by atoms with Gasteiger partial charge < -0.3 is 4.90 Å². The first-order valence-corrected chi connectivity index (χ1v) is 10.7.